The highest BCUT2D eigenvalue weighted by molar-refractivity contribution is 5.95. The van der Waals surface area contributed by atoms with Gasteiger partial charge < -0.3 is 14.3 Å². The van der Waals surface area contributed by atoms with E-state index in [1.54, 1.807) is 13.3 Å². The highest BCUT2D eigenvalue weighted by atomic mass is 16.5. The van der Waals surface area contributed by atoms with E-state index in [-0.39, 0.29) is 5.91 Å². The molecule has 7 nitrogen and oxygen atoms in total. The standard InChI is InChI=1S/C16H19N5O2/c1-10-3-17-9-18-15(10)20-5-12-7-21(8-13(12)6-20)16(22)14-4-19-23-11(14)2/h3-4,9,12-13H,5-8H2,1-2H3. The molecule has 2 aliphatic heterocycles. The molecular formula is C16H19N5O2. The number of carbonyl (C=O) groups excluding carboxylic acids is 1. The van der Waals surface area contributed by atoms with Crippen LogP contribution in [0.4, 0.5) is 5.82 Å². The summed E-state index contributed by atoms with van der Waals surface area (Å²) in [4.78, 5) is 25.3. The molecule has 0 N–H and O–H groups in total. The summed E-state index contributed by atoms with van der Waals surface area (Å²) >= 11 is 0. The zero-order valence-electron chi connectivity index (χ0n) is 13.3. The van der Waals surface area contributed by atoms with Crippen LogP contribution in [0.5, 0.6) is 0 Å². The van der Waals surface area contributed by atoms with E-state index in [0.29, 0.717) is 23.2 Å². The highest BCUT2D eigenvalue weighted by Crippen LogP contribution is 2.34. The number of fused-ring (bicyclic) bond motifs is 1. The fraction of sp³-hybridized carbons (Fsp3) is 0.500. The van der Waals surface area contributed by atoms with Crippen molar-refractivity contribution in [1.29, 1.82) is 0 Å². The molecule has 0 radical (unpaired) electrons. The van der Waals surface area contributed by atoms with Crippen LogP contribution in [0.3, 0.4) is 0 Å². The lowest BCUT2D eigenvalue weighted by Crippen LogP contribution is -2.33. The van der Waals surface area contributed by atoms with Crippen LogP contribution in [0.25, 0.3) is 0 Å². The number of hydrogen-bond donors (Lipinski definition) is 0. The van der Waals surface area contributed by atoms with Crippen molar-refractivity contribution < 1.29 is 9.32 Å². The molecule has 0 aromatic carbocycles. The minimum atomic E-state index is 0.0305. The first-order chi connectivity index (χ1) is 11.1. The maximum Gasteiger partial charge on any atom is 0.259 e. The summed E-state index contributed by atoms with van der Waals surface area (Å²) in [5, 5.41) is 3.70. The van der Waals surface area contributed by atoms with Gasteiger partial charge in [0.25, 0.3) is 5.91 Å². The van der Waals surface area contributed by atoms with Crippen LogP contribution in [0.1, 0.15) is 21.7 Å². The molecule has 2 saturated heterocycles. The zero-order valence-corrected chi connectivity index (χ0v) is 13.3. The summed E-state index contributed by atoms with van der Waals surface area (Å²) in [5.41, 5.74) is 1.67. The largest absolute Gasteiger partial charge is 0.361 e. The molecule has 2 aromatic heterocycles. The van der Waals surface area contributed by atoms with Gasteiger partial charge in [-0.25, -0.2) is 9.97 Å². The highest BCUT2D eigenvalue weighted by Gasteiger charge is 2.42. The maximum absolute atomic E-state index is 12.6. The lowest BCUT2D eigenvalue weighted by Gasteiger charge is -2.23. The molecule has 4 rings (SSSR count). The molecule has 2 aromatic rings. The van der Waals surface area contributed by atoms with Crippen LogP contribution >= 0.6 is 0 Å². The third-order valence-corrected chi connectivity index (χ3v) is 4.92. The van der Waals surface area contributed by atoms with Crippen LogP contribution in [-0.4, -0.2) is 52.1 Å². The monoisotopic (exact) mass is 313 g/mol. The Morgan fingerprint density at radius 3 is 2.52 bits per heavy atom. The molecule has 0 aliphatic carbocycles. The summed E-state index contributed by atoms with van der Waals surface area (Å²) in [5.74, 6) is 2.62. The van der Waals surface area contributed by atoms with Gasteiger partial charge in [0.05, 0.1) is 6.20 Å². The van der Waals surface area contributed by atoms with Crippen LogP contribution in [-0.2, 0) is 0 Å². The van der Waals surface area contributed by atoms with Gasteiger partial charge in [-0.1, -0.05) is 5.16 Å². The summed E-state index contributed by atoms with van der Waals surface area (Å²) in [6, 6.07) is 0. The van der Waals surface area contributed by atoms with E-state index < -0.39 is 0 Å². The second-order valence-corrected chi connectivity index (χ2v) is 6.46. The van der Waals surface area contributed by atoms with Gasteiger partial charge in [0.2, 0.25) is 0 Å². The number of amides is 1. The van der Waals surface area contributed by atoms with Crippen molar-refractivity contribution in [2.45, 2.75) is 13.8 Å². The van der Waals surface area contributed by atoms with E-state index in [9.17, 15) is 4.79 Å². The summed E-state index contributed by atoms with van der Waals surface area (Å²) in [6.07, 6.45) is 4.96. The Morgan fingerprint density at radius 2 is 1.91 bits per heavy atom. The molecule has 2 aliphatic rings. The van der Waals surface area contributed by atoms with E-state index in [1.165, 1.54) is 6.20 Å². The van der Waals surface area contributed by atoms with Crippen molar-refractivity contribution in [1.82, 2.24) is 20.0 Å². The van der Waals surface area contributed by atoms with Crippen molar-refractivity contribution in [2.24, 2.45) is 11.8 Å². The molecule has 0 saturated carbocycles. The Hall–Kier alpha value is -2.44. The van der Waals surface area contributed by atoms with Crippen molar-refractivity contribution in [3.63, 3.8) is 0 Å². The Bertz CT molecular complexity index is 730. The van der Waals surface area contributed by atoms with Gasteiger partial charge in [0, 0.05) is 49.8 Å². The predicted octanol–water partition coefficient (Wildman–Crippen LogP) is 1.29. The fourth-order valence-corrected chi connectivity index (χ4v) is 3.73. The summed E-state index contributed by atoms with van der Waals surface area (Å²) in [6.45, 7) is 7.26. The maximum atomic E-state index is 12.6. The SMILES string of the molecule is Cc1cncnc1N1CC2CN(C(=O)c3cnoc3C)CC2C1. The quantitative estimate of drug-likeness (QED) is 0.831. The minimum Gasteiger partial charge on any atom is -0.361 e. The molecule has 0 spiro atoms. The number of anilines is 1. The fourth-order valence-electron chi connectivity index (χ4n) is 3.73. The van der Waals surface area contributed by atoms with E-state index >= 15 is 0 Å². The van der Waals surface area contributed by atoms with Gasteiger partial charge >= 0.3 is 0 Å². The second-order valence-electron chi connectivity index (χ2n) is 6.46. The minimum absolute atomic E-state index is 0.0305. The molecule has 23 heavy (non-hydrogen) atoms. The third kappa shape index (κ3) is 2.36. The Kier molecular flexibility index (Phi) is 3.28. The van der Waals surface area contributed by atoms with Crippen molar-refractivity contribution in [3.8, 4) is 0 Å². The number of carbonyl (C=O) groups is 1. The van der Waals surface area contributed by atoms with Crippen molar-refractivity contribution in [3.05, 3.63) is 35.6 Å². The molecule has 2 atom stereocenters. The van der Waals surface area contributed by atoms with Gasteiger partial charge in [-0.15, -0.1) is 0 Å². The number of hydrogen-bond acceptors (Lipinski definition) is 6. The number of aromatic nitrogens is 3. The second kappa shape index (κ2) is 5.33. The molecule has 4 heterocycles. The van der Waals surface area contributed by atoms with Crippen LogP contribution in [0, 0.1) is 25.7 Å². The average Bonchev–Trinajstić information content (AvgIpc) is 3.21. The lowest BCUT2D eigenvalue weighted by molar-refractivity contribution is 0.0781. The van der Waals surface area contributed by atoms with Crippen LogP contribution in [0.2, 0.25) is 0 Å². The van der Waals surface area contributed by atoms with Gasteiger partial charge in [0.1, 0.15) is 23.5 Å². The number of aryl methyl sites for hydroxylation is 2. The van der Waals surface area contributed by atoms with Gasteiger partial charge in [0.15, 0.2) is 0 Å². The number of rotatable bonds is 2. The lowest BCUT2D eigenvalue weighted by atomic mass is 10.0. The zero-order chi connectivity index (χ0) is 16.0. The number of nitrogens with zero attached hydrogens (tertiary/aromatic N) is 5. The molecule has 0 bridgehead atoms. The topological polar surface area (TPSA) is 75.4 Å². The normalized spacial score (nSPS) is 23.4. The molecule has 2 unspecified atom stereocenters. The van der Waals surface area contributed by atoms with Crippen molar-refractivity contribution in [2.75, 3.05) is 31.1 Å². The predicted molar refractivity (Wildman–Crippen MR) is 83.1 cm³/mol. The van der Waals surface area contributed by atoms with E-state index in [4.69, 9.17) is 4.52 Å². The van der Waals surface area contributed by atoms with Crippen LogP contribution in [0.15, 0.2) is 23.2 Å². The van der Waals surface area contributed by atoms with Crippen molar-refractivity contribution >= 4 is 11.7 Å². The first-order valence-electron chi connectivity index (χ1n) is 7.85. The summed E-state index contributed by atoms with van der Waals surface area (Å²) < 4.78 is 5.01. The first kappa shape index (κ1) is 14.2. The number of likely N-dealkylation sites (tertiary alicyclic amines) is 1. The molecule has 1 amide bonds. The Labute approximate surface area is 134 Å². The Balaban J connectivity index is 1.45. The average molecular weight is 313 g/mol. The van der Waals surface area contributed by atoms with Gasteiger partial charge in [-0.3, -0.25) is 4.79 Å². The van der Waals surface area contributed by atoms with Gasteiger partial charge in [-0.05, 0) is 13.8 Å². The molecule has 2 fully saturated rings. The summed E-state index contributed by atoms with van der Waals surface area (Å²) in [7, 11) is 0. The van der Waals surface area contributed by atoms with E-state index in [0.717, 1.165) is 37.6 Å². The van der Waals surface area contributed by atoms with E-state index in [1.807, 2.05) is 18.0 Å². The van der Waals surface area contributed by atoms with Gasteiger partial charge in [-0.2, -0.15) is 0 Å². The Morgan fingerprint density at radius 1 is 1.17 bits per heavy atom. The first-order valence-corrected chi connectivity index (χ1v) is 7.85. The smallest absolute Gasteiger partial charge is 0.259 e. The molecular weight excluding hydrogens is 294 g/mol. The van der Waals surface area contributed by atoms with E-state index in [2.05, 4.69) is 20.0 Å². The molecule has 7 heteroatoms. The van der Waals surface area contributed by atoms with Crippen LogP contribution < -0.4 is 4.90 Å². The molecule has 120 valence electrons. The third-order valence-electron chi connectivity index (χ3n) is 4.92.